The van der Waals surface area contributed by atoms with Gasteiger partial charge in [-0.15, -0.1) is 11.8 Å². The van der Waals surface area contributed by atoms with Crippen LogP contribution >= 0.6 is 35.0 Å². The Hall–Kier alpha value is -2.93. The van der Waals surface area contributed by atoms with Gasteiger partial charge in [0.1, 0.15) is 5.58 Å². The highest BCUT2D eigenvalue weighted by Gasteiger charge is 2.21. The molecule has 8 heteroatoms. The third-order valence-electron chi connectivity index (χ3n) is 4.64. The maximum Gasteiger partial charge on any atom is 0.291 e. The number of hydrogen-bond donors (Lipinski definition) is 2. The van der Waals surface area contributed by atoms with Crippen molar-refractivity contribution in [2.45, 2.75) is 17.6 Å². The summed E-state index contributed by atoms with van der Waals surface area (Å²) in [6.45, 7) is 1.40. The van der Waals surface area contributed by atoms with Crippen molar-refractivity contribution < 1.29 is 14.0 Å². The molecule has 32 heavy (non-hydrogen) atoms. The van der Waals surface area contributed by atoms with Crippen LogP contribution in [0.3, 0.4) is 0 Å². The Morgan fingerprint density at radius 1 is 0.969 bits per heavy atom. The summed E-state index contributed by atoms with van der Waals surface area (Å²) in [6, 6.07) is 20.0. The van der Waals surface area contributed by atoms with E-state index in [2.05, 4.69) is 10.6 Å². The monoisotopic (exact) mass is 484 g/mol. The molecule has 0 fully saturated rings. The van der Waals surface area contributed by atoms with Crippen molar-refractivity contribution in [1.29, 1.82) is 0 Å². The van der Waals surface area contributed by atoms with Gasteiger partial charge >= 0.3 is 0 Å². The van der Waals surface area contributed by atoms with E-state index >= 15 is 0 Å². The first-order valence-electron chi connectivity index (χ1n) is 9.68. The zero-order valence-corrected chi connectivity index (χ0v) is 19.3. The summed E-state index contributed by atoms with van der Waals surface area (Å²) in [5, 5.41) is 7.35. The highest BCUT2D eigenvalue weighted by molar-refractivity contribution is 7.98. The normalized spacial score (nSPS) is 10.8. The maximum absolute atomic E-state index is 13.1. The van der Waals surface area contributed by atoms with Crippen LogP contribution in [0.15, 0.2) is 76.0 Å². The van der Waals surface area contributed by atoms with Crippen molar-refractivity contribution in [2.75, 3.05) is 10.6 Å². The Morgan fingerprint density at radius 2 is 1.72 bits per heavy atom. The number of furan rings is 1. The molecule has 3 aromatic carbocycles. The Morgan fingerprint density at radius 3 is 2.44 bits per heavy atom. The molecule has 0 aliphatic rings. The van der Waals surface area contributed by atoms with Gasteiger partial charge in [-0.25, -0.2) is 0 Å². The SMILES string of the molecule is CC(=O)Nc1ccc(NC(=O)c2oc3ccccc3c2CSc2ccc(Cl)cc2)cc1Cl. The van der Waals surface area contributed by atoms with Crippen LogP contribution in [0.1, 0.15) is 23.0 Å². The fourth-order valence-corrected chi connectivity index (χ4v) is 4.46. The van der Waals surface area contributed by atoms with Crippen molar-refractivity contribution in [3.05, 3.63) is 88.1 Å². The van der Waals surface area contributed by atoms with E-state index in [1.165, 1.54) is 6.92 Å². The number of halogens is 2. The summed E-state index contributed by atoms with van der Waals surface area (Å²) in [4.78, 5) is 25.4. The first-order valence-corrected chi connectivity index (χ1v) is 11.4. The van der Waals surface area contributed by atoms with Crippen molar-refractivity contribution in [2.24, 2.45) is 0 Å². The predicted octanol–water partition coefficient (Wildman–Crippen LogP) is 7.24. The molecule has 2 N–H and O–H groups in total. The molecule has 2 amide bonds. The van der Waals surface area contributed by atoms with Crippen LogP contribution in [0, 0.1) is 0 Å². The second kappa shape index (κ2) is 9.69. The molecule has 1 heterocycles. The average Bonchev–Trinajstić information content (AvgIpc) is 3.14. The Labute approximate surface area is 199 Å². The van der Waals surface area contributed by atoms with Gasteiger partial charge in [0, 0.05) is 39.2 Å². The molecule has 0 bridgehead atoms. The second-order valence-corrected chi connectivity index (χ2v) is 8.87. The van der Waals surface area contributed by atoms with Crippen molar-refractivity contribution >= 4 is 69.1 Å². The van der Waals surface area contributed by atoms with E-state index in [4.69, 9.17) is 27.6 Å². The first-order chi connectivity index (χ1) is 15.4. The topological polar surface area (TPSA) is 71.3 Å². The Kier molecular flexibility index (Phi) is 6.74. The van der Waals surface area contributed by atoms with Crippen molar-refractivity contribution in [3.8, 4) is 0 Å². The molecule has 5 nitrogen and oxygen atoms in total. The van der Waals surface area contributed by atoms with Crippen LogP contribution in [0.4, 0.5) is 11.4 Å². The summed E-state index contributed by atoms with van der Waals surface area (Å²) in [6.07, 6.45) is 0. The molecule has 0 aliphatic heterocycles. The second-order valence-electron chi connectivity index (χ2n) is 6.98. The van der Waals surface area contributed by atoms with Crippen LogP contribution in [0.25, 0.3) is 11.0 Å². The van der Waals surface area contributed by atoms with Gasteiger partial charge in [-0.05, 0) is 48.5 Å². The first kappa shape index (κ1) is 22.3. The number of carbonyl (C=O) groups excluding carboxylic acids is 2. The fraction of sp³-hybridized carbons (Fsp3) is 0.0833. The zero-order valence-electron chi connectivity index (χ0n) is 16.9. The molecule has 1 aromatic heterocycles. The molecule has 0 spiro atoms. The number of para-hydroxylation sites is 1. The molecule has 0 unspecified atom stereocenters. The average molecular weight is 485 g/mol. The molecule has 0 radical (unpaired) electrons. The lowest BCUT2D eigenvalue weighted by Gasteiger charge is -2.09. The van der Waals surface area contributed by atoms with Gasteiger partial charge in [0.2, 0.25) is 5.91 Å². The van der Waals surface area contributed by atoms with Gasteiger partial charge in [-0.2, -0.15) is 0 Å². The maximum atomic E-state index is 13.1. The lowest BCUT2D eigenvalue weighted by molar-refractivity contribution is -0.114. The highest BCUT2D eigenvalue weighted by Crippen LogP contribution is 2.33. The number of rotatable bonds is 6. The van der Waals surface area contributed by atoms with Crippen LogP contribution in [0.2, 0.25) is 10.0 Å². The minimum absolute atomic E-state index is 0.228. The minimum Gasteiger partial charge on any atom is -0.451 e. The number of anilines is 2. The largest absolute Gasteiger partial charge is 0.451 e. The van der Waals surface area contributed by atoms with E-state index in [1.807, 2.05) is 48.5 Å². The van der Waals surface area contributed by atoms with E-state index in [0.717, 1.165) is 15.8 Å². The lowest BCUT2D eigenvalue weighted by atomic mass is 10.1. The molecule has 0 aliphatic carbocycles. The zero-order chi connectivity index (χ0) is 22.7. The van der Waals surface area contributed by atoms with Gasteiger partial charge in [-0.3, -0.25) is 9.59 Å². The molecule has 0 saturated heterocycles. The Bertz CT molecular complexity index is 1300. The van der Waals surface area contributed by atoms with Crippen molar-refractivity contribution in [1.82, 2.24) is 0 Å². The number of carbonyl (C=O) groups is 2. The number of nitrogens with one attached hydrogen (secondary N) is 2. The minimum atomic E-state index is -0.378. The van der Waals surface area contributed by atoms with Gasteiger partial charge in [-0.1, -0.05) is 41.4 Å². The quantitative estimate of drug-likeness (QED) is 0.283. The van der Waals surface area contributed by atoms with E-state index in [1.54, 1.807) is 30.0 Å². The number of thioether (sulfide) groups is 1. The smallest absolute Gasteiger partial charge is 0.291 e. The highest BCUT2D eigenvalue weighted by atomic mass is 35.5. The molecular weight excluding hydrogens is 467 g/mol. The van der Waals surface area contributed by atoms with Gasteiger partial charge in [0.05, 0.1) is 10.7 Å². The predicted molar refractivity (Wildman–Crippen MR) is 131 cm³/mol. The van der Waals surface area contributed by atoms with E-state index in [9.17, 15) is 9.59 Å². The summed E-state index contributed by atoms with van der Waals surface area (Å²) >= 11 is 13.8. The van der Waals surface area contributed by atoms with Gasteiger partial charge in [0.25, 0.3) is 5.91 Å². The molecule has 0 atom stereocenters. The van der Waals surface area contributed by atoms with Crippen LogP contribution in [-0.2, 0) is 10.5 Å². The third kappa shape index (κ3) is 5.10. The van der Waals surface area contributed by atoms with Crippen LogP contribution < -0.4 is 10.6 Å². The molecule has 0 saturated carbocycles. The lowest BCUT2D eigenvalue weighted by Crippen LogP contribution is -2.13. The summed E-state index contributed by atoms with van der Waals surface area (Å²) < 4.78 is 5.91. The number of amides is 2. The van der Waals surface area contributed by atoms with E-state index < -0.39 is 0 Å². The van der Waals surface area contributed by atoms with Crippen LogP contribution in [-0.4, -0.2) is 11.8 Å². The number of fused-ring (bicyclic) bond motifs is 1. The van der Waals surface area contributed by atoms with E-state index in [0.29, 0.717) is 32.8 Å². The van der Waals surface area contributed by atoms with Gasteiger partial charge < -0.3 is 15.1 Å². The van der Waals surface area contributed by atoms with Crippen LogP contribution in [0.5, 0.6) is 0 Å². The summed E-state index contributed by atoms with van der Waals surface area (Å²) in [5.41, 5.74) is 2.41. The summed E-state index contributed by atoms with van der Waals surface area (Å²) in [5.74, 6) is 0.184. The molecule has 4 aromatic rings. The number of benzene rings is 3. The standard InChI is InChI=1S/C24H18Cl2N2O3S/c1-14(29)27-21-11-8-16(12-20(21)26)28-24(30)23-19(18-4-2-3-5-22(18)31-23)13-32-17-9-6-15(25)7-10-17/h2-12H,13H2,1H3,(H,27,29)(H,28,30). The Balaban J connectivity index is 1.59. The molecular formula is C24H18Cl2N2O3S. The van der Waals surface area contributed by atoms with Gasteiger partial charge in [0.15, 0.2) is 5.76 Å². The molecule has 162 valence electrons. The number of hydrogen-bond acceptors (Lipinski definition) is 4. The van der Waals surface area contributed by atoms with E-state index in [-0.39, 0.29) is 17.6 Å². The fourth-order valence-electron chi connectivity index (χ4n) is 3.18. The third-order valence-corrected chi connectivity index (χ3v) is 6.24. The summed E-state index contributed by atoms with van der Waals surface area (Å²) in [7, 11) is 0. The molecule has 4 rings (SSSR count). The van der Waals surface area contributed by atoms with Crippen molar-refractivity contribution in [3.63, 3.8) is 0 Å².